The van der Waals surface area contributed by atoms with Crippen molar-refractivity contribution in [2.75, 3.05) is 19.8 Å². The fourth-order valence-corrected chi connectivity index (χ4v) is 2.48. The second kappa shape index (κ2) is 5.58. The Morgan fingerprint density at radius 1 is 1.60 bits per heavy atom. The second-order valence-corrected chi connectivity index (χ2v) is 4.96. The fraction of sp³-hybridized carbons (Fsp3) is 0.727. The predicted octanol–water partition coefficient (Wildman–Crippen LogP) is 2.15. The van der Waals surface area contributed by atoms with Crippen LogP contribution in [0.1, 0.15) is 35.6 Å². The lowest BCUT2D eigenvalue weighted by atomic mass is 10.4. The van der Waals surface area contributed by atoms with Crippen molar-refractivity contribution in [3.05, 3.63) is 16.1 Å². The van der Waals surface area contributed by atoms with Gasteiger partial charge in [0.1, 0.15) is 0 Å². The standard InChI is InChI=1S/C11H18N2OS/c1-2-14-6-5-12-7-10-8-13-11(15-10)9-3-4-9/h8-9,12H,2-7H2,1H3. The Morgan fingerprint density at radius 3 is 3.20 bits per heavy atom. The van der Waals surface area contributed by atoms with Gasteiger partial charge in [-0.2, -0.15) is 0 Å². The van der Waals surface area contributed by atoms with Gasteiger partial charge in [0.2, 0.25) is 0 Å². The molecule has 0 amide bonds. The fourth-order valence-electron chi connectivity index (χ4n) is 1.42. The number of hydrogen-bond acceptors (Lipinski definition) is 4. The number of rotatable bonds is 7. The topological polar surface area (TPSA) is 34.1 Å². The molecule has 1 heterocycles. The minimum Gasteiger partial charge on any atom is -0.380 e. The Morgan fingerprint density at radius 2 is 2.47 bits per heavy atom. The highest BCUT2D eigenvalue weighted by Gasteiger charge is 2.26. The van der Waals surface area contributed by atoms with Crippen molar-refractivity contribution in [3.63, 3.8) is 0 Å². The molecular formula is C11H18N2OS. The van der Waals surface area contributed by atoms with Crippen LogP contribution in [0.25, 0.3) is 0 Å². The predicted molar refractivity (Wildman–Crippen MR) is 62.3 cm³/mol. The zero-order valence-electron chi connectivity index (χ0n) is 9.16. The van der Waals surface area contributed by atoms with Crippen molar-refractivity contribution >= 4 is 11.3 Å². The summed E-state index contributed by atoms with van der Waals surface area (Å²) in [6, 6.07) is 0. The molecule has 1 aliphatic rings. The minimum absolute atomic E-state index is 0.784. The number of hydrogen-bond donors (Lipinski definition) is 1. The van der Waals surface area contributed by atoms with E-state index >= 15 is 0 Å². The molecule has 0 spiro atoms. The first kappa shape index (κ1) is 11.0. The maximum Gasteiger partial charge on any atom is 0.0959 e. The molecule has 0 unspecified atom stereocenters. The van der Waals surface area contributed by atoms with Gasteiger partial charge in [0.05, 0.1) is 11.6 Å². The van der Waals surface area contributed by atoms with Crippen LogP contribution in [0.3, 0.4) is 0 Å². The molecule has 1 aromatic rings. The van der Waals surface area contributed by atoms with Crippen LogP contribution in [-0.4, -0.2) is 24.7 Å². The third-order valence-electron chi connectivity index (χ3n) is 2.42. The Bertz CT molecular complexity index is 297. The van der Waals surface area contributed by atoms with Crippen molar-refractivity contribution < 1.29 is 4.74 Å². The number of nitrogens with one attached hydrogen (secondary N) is 1. The van der Waals surface area contributed by atoms with Gasteiger partial charge >= 0.3 is 0 Å². The Balaban J connectivity index is 1.64. The van der Waals surface area contributed by atoms with E-state index in [4.69, 9.17) is 4.74 Å². The van der Waals surface area contributed by atoms with Crippen LogP contribution in [0.5, 0.6) is 0 Å². The largest absolute Gasteiger partial charge is 0.380 e. The van der Waals surface area contributed by atoms with E-state index in [1.165, 1.54) is 22.7 Å². The van der Waals surface area contributed by atoms with Gasteiger partial charge in [-0.05, 0) is 19.8 Å². The summed E-state index contributed by atoms with van der Waals surface area (Å²) in [7, 11) is 0. The van der Waals surface area contributed by atoms with E-state index in [1.807, 2.05) is 24.5 Å². The van der Waals surface area contributed by atoms with Crippen molar-refractivity contribution in [2.45, 2.75) is 32.2 Å². The lowest BCUT2D eigenvalue weighted by molar-refractivity contribution is 0.149. The minimum atomic E-state index is 0.784. The highest BCUT2D eigenvalue weighted by molar-refractivity contribution is 7.11. The molecule has 1 N–H and O–H groups in total. The molecule has 0 radical (unpaired) electrons. The van der Waals surface area contributed by atoms with E-state index in [2.05, 4.69) is 10.3 Å². The SMILES string of the molecule is CCOCCNCc1cnc(C2CC2)s1. The Kier molecular flexibility index (Phi) is 4.11. The maximum atomic E-state index is 5.25. The molecule has 0 bridgehead atoms. The summed E-state index contributed by atoms with van der Waals surface area (Å²) in [5.41, 5.74) is 0. The van der Waals surface area contributed by atoms with E-state index in [0.717, 1.165) is 32.2 Å². The second-order valence-electron chi connectivity index (χ2n) is 3.81. The molecule has 4 heteroatoms. The highest BCUT2D eigenvalue weighted by atomic mass is 32.1. The molecule has 15 heavy (non-hydrogen) atoms. The zero-order valence-corrected chi connectivity index (χ0v) is 9.98. The van der Waals surface area contributed by atoms with Gasteiger partial charge in [0, 0.05) is 36.7 Å². The summed E-state index contributed by atoms with van der Waals surface area (Å²) < 4.78 is 5.25. The number of aromatic nitrogens is 1. The molecule has 0 saturated heterocycles. The maximum absolute atomic E-state index is 5.25. The van der Waals surface area contributed by atoms with Gasteiger partial charge in [0.15, 0.2) is 0 Å². The third kappa shape index (κ3) is 3.55. The first-order valence-electron chi connectivity index (χ1n) is 5.63. The molecule has 1 fully saturated rings. The summed E-state index contributed by atoms with van der Waals surface area (Å²) in [6.07, 6.45) is 4.68. The summed E-state index contributed by atoms with van der Waals surface area (Å²) in [5, 5.41) is 4.68. The third-order valence-corrected chi connectivity index (χ3v) is 3.58. The van der Waals surface area contributed by atoms with Crippen molar-refractivity contribution in [1.29, 1.82) is 0 Å². The first-order chi connectivity index (χ1) is 7.40. The number of thiazole rings is 1. The summed E-state index contributed by atoms with van der Waals surface area (Å²) in [6.45, 7) is 5.46. The summed E-state index contributed by atoms with van der Waals surface area (Å²) in [4.78, 5) is 5.78. The first-order valence-corrected chi connectivity index (χ1v) is 6.45. The van der Waals surface area contributed by atoms with E-state index in [1.54, 1.807) is 0 Å². The van der Waals surface area contributed by atoms with Crippen LogP contribution in [-0.2, 0) is 11.3 Å². The molecule has 0 atom stereocenters. The monoisotopic (exact) mass is 226 g/mol. The van der Waals surface area contributed by atoms with Gasteiger partial charge in [-0.1, -0.05) is 0 Å². The van der Waals surface area contributed by atoms with Crippen LogP contribution in [0.15, 0.2) is 6.20 Å². The zero-order chi connectivity index (χ0) is 10.5. The molecular weight excluding hydrogens is 208 g/mol. The molecule has 3 nitrogen and oxygen atoms in total. The van der Waals surface area contributed by atoms with Crippen LogP contribution < -0.4 is 5.32 Å². The van der Waals surface area contributed by atoms with Crippen LogP contribution in [0.2, 0.25) is 0 Å². The van der Waals surface area contributed by atoms with E-state index in [9.17, 15) is 0 Å². The highest BCUT2D eigenvalue weighted by Crippen LogP contribution is 2.41. The molecule has 2 rings (SSSR count). The van der Waals surface area contributed by atoms with Crippen molar-refractivity contribution in [1.82, 2.24) is 10.3 Å². The van der Waals surface area contributed by atoms with E-state index in [-0.39, 0.29) is 0 Å². The van der Waals surface area contributed by atoms with Gasteiger partial charge < -0.3 is 10.1 Å². The molecule has 1 saturated carbocycles. The quantitative estimate of drug-likeness (QED) is 0.723. The van der Waals surface area contributed by atoms with Crippen LogP contribution in [0, 0.1) is 0 Å². The lowest BCUT2D eigenvalue weighted by Crippen LogP contribution is -2.18. The van der Waals surface area contributed by atoms with Crippen molar-refractivity contribution in [2.24, 2.45) is 0 Å². The van der Waals surface area contributed by atoms with Gasteiger partial charge in [-0.25, -0.2) is 4.98 Å². The van der Waals surface area contributed by atoms with E-state index < -0.39 is 0 Å². The van der Waals surface area contributed by atoms with Gasteiger partial charge in [-0.3, -0.25) is 0 Å². The Hall–Kier alpha value is -0.450. The van der Waals surface area contributed by atoms with Crippen molar-refractivity contribution in [3.8, 4) is 0 Å². The molecule has 1 aliphatic carbocycles. The number of nitrogens with zero attached hydrogens (tertiary/aromatic N) is 1. The molecule has 0 aliphatic heterocycles. The molecule has 84 valence electrons. The normalized spacial score (nSPS) is 15.8. The van der Waals surface area contributed by atoms with E-state index in [0.29, 0.717) is 0 Å². The smallest absolute Gasteiger partial charge is 0.0959 e. The summed E-state index contributed by atoms with van der Waals surface area (Å²) in [5.74, 6) is 0.784. The van der Waals surface area contributed by atoms with Gasteiger partial charge in [0.25, 0.3) is 0 Å². The molecule has 0 aromatic carbocycles. The summed E-state index contributed by atoms with van der Waals surface area (Å²) >= 11 is 1.85. The Labute approximate surface area is 94.9 Å². The molecule has 1 aromatic heterocycles. The average molecular weight is 226 g/mol. The van der Waals surface area contributed by atoms with Crippen LogP contribution >= 0.6 is 11.3 Å². The van der Waals surface area contributed by atoms with Gasteiger partial charge in [-0.15, -0.1) is 11.3 Å². The average Bonchev–Trinajstić information content (AvgIpc) is 2.99. The van der Waals surface area contributed by atoms with Crippen LogP contribution in [0.4, 0.5) is 0 Å². The lowest BCUT2D eigenvalue weighted by Gasteiger charge is -2.02. The number of ether oxygens (including phenoxy) is 1.